The van der Waals surface area contributed by atoms with Crippen molar-refractivity contribution in [3.05, 3.63) is 40.3 Å². The predicted octanol–water partition coefficient (Wildman–Crippen LogP) is 3.42. The van der Waals surface area contributed by atoms with Crippen LogP contribution in [-0.2, 0) is 30.3 Å². The molecule has 0 saturated heterocycles. The first-order valence-electron chi connectivity index (χ1n) is 10.1. The van der Waals surface area contributed by atoms with Crippen molar-refractivity contribution in [2.24, 2.45) is 0 Å². The zero-order valence-corrected chi connectivity index (χ0v) is 19.7. The van der Waals surface area contributed by atoms with Gasteiger partial charge in [0.05, 0.1) is 23.6 Å². The van der Waals surface area contributed by atoms with Gasteiger partial charge in [0, 0.05) is 9.77 Å². The number of hydrogen-bond donors (Lipinski definition) is 1. The zero-order valence-electron chi connectivity index (χ0n) is 18.1. The van der Waals surface area contributed by atoms with E-state index in [9.17, 15) is 19.2 Å². The number of nitrogens with zero attached hydrogens (tertiary/aromatic N) is 1. The fourth-order valence-electron chi connectivity index (χ4n) is 3.32. The van der Waals surface area contributed by atoms with Gasteiger partial charge in [-0.2, -0.15) is 0 Å². The van der Waals surface area contributed by atoms with E-state index in [0.29, 0.717) is 22.7 Å². The predicted molar refractivity (Wildman–Crippen MR) is 123 cm³/mol. The molecular weight excluding hydrogens is 452 g/mol. The lowest BCUT2D eigenvalue weighted by atomic mass is 10.1. The third-order valence-corrected chi connectivity index (χ3v) is 6.87. The van der Waals surface area contributed by atoms with E-state index in [4.69, 9.17) is 9.47 Å². The summed E-state index contributed by atoms with van der Waals surface area (Å²) in [6, 6.07) is 7.30. The number of hydrogen-bond acceptors (Lipinski definition) is 8. The van der Waals surface area contributed by atoms with Crippen LogP contribution in [0.4, 0.5) is 10.7 Å². The number of aryl methyl sites for hydroxylation is 1. The van der Waals surface area contributed by atoms with Crippen molar-refractivity contribution in [3.63, 3.8) is 0 Å². The third-order valence-electron chi connectivity index (χ3n) is 4.75. The highest BCUT2D eigenvalue weighted by Crippen LogP contribution is 2.35. The molecule has 0 aliphatic carbocycles. The molecule has 0 bridgehead atoms. The average molecular weight is 477 g/mol. The number of thiophene rings is 1. The Morgan fingerprint density at radius 3 is 2.62 bits per heavy atom. The van der Waals surface area contributed by atoms with Crippen LogP contribution in [0.2, 0.25) is 0 Å². The monoisotopic (exact) mass is 476 g/mol. The molecule has 0 unspecified atom stereocenters. The minimum absolute atomic E-state index is 0.199. The second-order valence-electron chi connectivity index (χ2n) is 6.86. The van der Waals surface area contributed by atoms with E-state index in [1.165, 1.54) is 28.0 Å². The molecule has 1 aliphatic heterocycles. The molecule has 170 valence electrons. The second-order valence-corrected chi connectivity index (χ2v) is 9.10. The van der Waals surface area contributed by atoms with Gasteiger partial charge in [0.2, 0.25) is 5.91 Å². The molecule has 32 heavy (non-hydrogen) atoms. The second kappa shape index (κ2) is 10.6. The molecule has 0 saturated carbocycles. The van der Waals surface area contributed by atoms with Gasteiger partial charge in [0.25, 0.3) is 5.91 Å². The van der Waals surface area contributed by atoms with Gasteiger partial charge >= 0.3 is 11.9 Å². The fourth-order valence-corrected chi connectivity index (χ4v) is 5.41. The maximum atomic E-state index is 12.4. The van der Waals surface area contributed by atoms with Gasteiger partial charge < -0.3 is 14.8 Å². The Hall–Kier alpha value is -2.85. The molecule has 0 radical (unpaired) electrons. The van der Waals surface area contributed by atoms with Crippen molar-refractivity contribution in [3.8, 4) is 0 Å². The first kappa shape index (κ1) is 23.8. The summed E-state index contributed by atoms with van der Waals surface area (Å²) in [6.45, 7) is 4.91. The fraction of sp³-hybridized carbons (Fsp3) is 0.364. The number of fused-ring (bicyclic) bond motifs is 1. The van der Waals surface area contributed by atoms with Crippen LogP contribution in [0.15, 0.2) is 29.2 Å². The van der Waals surface area contributed by atoms with Crippen molar-refractivity contribution in [1.29, 1.82) is 0 Å². The molecule has 2 heterocycles. The van der Waals surface area contributed by atoms with Crippen molar-refractivity contribution in [2.45, 2.75) is 32.1 Å². The smallest absolute Gasteiger partial charge is 0.341 e. The summed E-state index contributed by atoms with van der Waals surface area (Å²) in [5, 5.41) is 3.02. The third kappa shape index (κ3) is 5.31. The van der Waals surface area contributed by atoms with Gasteiger partial charge in [-0.15, -0.1) is 23.1 Å². The summed E-state index contributed by atoms with van der Waals surface area (Å²) >= 11 is 2.69. The molecule has 2 amide bonds. The lowest BCUT2D eigenvalue weighted by Crippen LogP contribution is -2.40. The molecule has 0 atom stereocenters. The number of carbonyl (C=O) groups is 4. The topological polar surface area (TPSA) is 102 Å². The van der Waals surface area contributed by atoms with Gasteiger partial charge in [-0.3, -0.25) is 19.3 Å². The largest absolute Gasteiger partial charge is 0.462 e. The number of esters is 2. The Labute approximate surface area is 194 Å². The molecule has 1 aromatic heterocycles. The molecular formula is C22H24N2O6S2. The Morgan fingerprint density at radius 1 is 1.16 bits per heavy atom. The van der Waals surface area contributed by atoms with Crippen molar-refractivity contribution >= 4 is 57.5 Å². The maximum Gasteiger partial charge on any atom is 0.341 e. The minimum Gasteiger partial charge on any atom is -0.462 e. The Bertz CT molecular complexity index is 1050. The van der Waals surface area contributed by atoms with E-state index in [1.807, 2.05) is 26.0 Å². The standard InChI is InChI=1S/C22H24N2O6S2/c1-4-14-13(3)32-21(20(14)22(28)29-5-2)23-17(25)11-30-19(27)10-24-15-8-6-7-9-16(15)31-12-18(24)26/h6-9H,4-5,10-12H2,1-3H3,(H,23,25). The van der Waals surface area contributed by atoms with Gasteiger partial charge in [-0.1, -0.05) is 19.1 Å². The molecule has 10 heteroatoms. The summed E-state index contributed by atoms with van der Waals surface area (Å²) in [7, 11) is 0. The summed E-state index contributed by atoms with van der Waals surface area (Å²) in [5.74, 6) is -1.73. The number of ether oxygens (including phenoxy) is 2. The number of thioether (sulfide) groups is 1. The summed E-state index contributed by atoms with van der Waals surface area (Å²) in [6.07, 6.45) is 0.616. The SMILES string of the molecule is CCOC(=O)c1c(NC(=O)COC(=O)CN2C(=O)CSc3ccccc32)sc(C)c1CC. The van der Waals surface area contributed by atoms with Crippen LogP contribution in [0.3, 0.4) is 0 Å². The summed E-state index contributed by atoms with van der Waals surface area (Å²) in [5.41, 5.74) is 1.81. The molecule has 0 spiro atoms. The summed E-state index contributed by atoms with van der Waals surface area (Å²) in [4.78, 5) is 52.5. The van der Waals surface area contributed by atoms with Gasteiger partial charge in [0.1, 0.15) is 11.5 Å². The lowest BCUT2D eigenvalue weighted by Gasteiger charge is -2.27. The van der Waals surface area contributed by atoms with Gasteiger partial charge in [-0.25, -0.2) is 4.79 Å². The number of carbonyl (C=O) groups excluding carboxylic acids is 4. The quantitative estimate of drug-likeness (QED) is 0.583. The minimum atomic E-state index is -0.697. The number of amides is 2. The number of rotatable bonds is 8. The Balaban J connectivity index is 1.62. The van der Waals surface area contributed by atoms with E-state index in [-0.39, 0.29) is 24.8 Å². The van der Waals surface area contributed by atoms with E-state index >= 15 is 0 Å². The zero-order chi connectivity index (χ0) is 23.3. The highest BCUT2D eigenvalue weighted by molar-refractivity contribution is 8.00. The van der Waals surface area contributed by atoms with Gasteiger partial charge in [-0.05, 0) is 38.0 Å². The van der Waals surface area contributed by atoms with Crippen LogP contribution < -0.4 is 10.2 Å². The van der Waals surface area contributed by atoms with E-state index in [2.05, 4.69) is 5.32 Å². The van der Waals surface area contributed by atoms with Crippen molar-refractivity contribution in [1.82, 2.24) is 0 Å². The van der Waals surface area contributed by atoms with Gasteiger partial charge in [0.15, 0.2) is 6.61 Å². The van der Waals surface area contributed by atoms with Crippen molar-refractivity contribution < 1.29 is 28.7 Å². The molecule has 3 rings (SSSR count). The van der Waals surface area contributed by atoms with Crippen LogP contribution in [0.1, 0.15) is 34.6 Å². The Morgan fingerprint density at radius 2 is 1.91 bits per heavy atom. The molecule has 0 fully saturated rings. The van der Waals surface area contributed by atoms with E-state index in [0.717, 1.165) is 15.3 Å². The molecule has 1 N–H and O–H groups in total. The highest BCUT2D eigenvalue weighted by Gasteiger charge is 2.27. The maximum absolute atomic E-state index is 12.4. The van der Waals surface area contributed by atoms with Crippen LogP contribution in [-0.4, -0.2) is 49.3 Å². The molecule has 2 aromatic rings. The lowest BCUT2D eigenvalue weighted by molar-refractivity contribution is -0.146. The molecule has 8 nitrogen and oxygen atoms in total. The summed E-state index contributed by atoms with van der Waals surface area (Å²) < 4.78 is 10.2. The van der Waals surface area contributed by atoms with E-state index in [1.54, 1.807) is 19.1 Å². The first-order chi connectivity index (χ1) is 15.3. The van der Waals surface area contributed by atoms with Crippen LogP contribution in [0.5, 0.6) is 0 Å². The Kier molecular flexibility index (Phi) is 7.92. The number of benzene rings is 1. The van der Waals surface area contributed by atoms with Crippen LogP contribution in [0, 0.1) is 6.92 Å². The number of anilines is 2. The molecule has 1 aromatic carbocycles. The van der Waals surface area contributed by atoms with E-state index < -0.39 is 24.5 Å². The van der Waals surface area contributed by atoms with Crippen molar-refractivity contribution in [2.75, 3.05) is 35.7 Å². The first-order valence-corrected chi connectivity index (χ1v) is 11.9. The van der Waals surface area contributed by atoms with Crippen LogP contribution in [0.25, 0.3) is 0 Å². The normalized spacial score (nSPS) is 12.8. The highest BCUT2D eigenvalue weighted by atomic mass is 32.2. The average Bonchev–Trinajstić information content (AvgIpc) is 3.09. The van der Waals surface area contributed by atoms with Crippen LogP contribution >= 0.6 is 23.1 Å². The molecule has 1 aliphatic rings. The number of nitrogens with one attached hydrogen (secondary N) is 1. The number of para-hydroxylation sites is 1.